The molecule has 2 aromatic carbocycles. The first-order valence-electron chi connectivity index (χ1n) is 12.6. The predicted octanol–water partition coefficient (Wildman–Crippen LogP) is 6.32. The summed E-state index contributed by atoms with van der Waals surface area (Å²) >= 11 is 0. The molecule has 2 N–H and O–H groups in total. The highest BCUT2D eigenvalue weighted by Gasteiger charge is 2.48. The van der Waals surface area contributed by atoms with E-state index in [0.29, 0.717) is 16.9 Å². The second kappa shape index (κ2) is 8.72. The number of benzene rings is 2. The van der Waals surface area contributed by atoms with Gasteiger partial charge in [-0.25, -0.2) is 0 Å². The number of aryl methyl sites for hydroxylation is 1. The van der Waals surface area contributed by atoms with E-state index >= 15 is 8.78 Å². The number of halogens is 2. The van der Waals surface area contributed by atoms with Crippen molar-refractivity contribution in [3.63, 3.8) is 0 Å². The number of aromatic nitrogens is 2. The van der Waals surface area contributed by atoms with Crippen molar-refractivity contribution in [2.24, 2.45) is 0 Å². The lowest BCUT2D eigenvalue weighted by atomic mass is 9.85. The summed E-state index contributed by atoms with van der Waals surface area (Å²) in [6.45, 7) is 15.5. The van der Waals surface area contributed by atoms with Crippen molar-refractivity contribution < 1.29 is 18.7 Å². The molecular formula is C29H36F2N4O2. The molecule has 0 radical (unpaired) electrons. The van der Waals surface area contributed by atoms with Crippen LogP contribution >= 0.6 is 0 Å². The van der Waals surface area contributed by atoms with Gasteiger partial charge in [-0.05, 0) is 91.1 Å². The second-order valence-corrected chi connectivity index (χ2v) is 11.5. The minimum Gasteiger partial charge on any atom is -0.384 e. The van der Waals surface area contributed by atoms with E-state index in [1.54, 1.807) is 19.1 Å². The Bertz CT molecular complexity index is 1390. The Morgan fingerprint density at radius 1 is 1.05 bits per heavy atom. The fraction of sp³-hybridized carbons (Fsp3) is 0.483. The zero-order valence-corrected chi connectivity index (χ0v) is 23.0. The van der Waals surface area contributed by atoms with Crippen LogP contribution in [0.25, 0.3) is 10.8 Å². The predicted molar refractivity (Wildman–Crippen MR) is 143 cm³/mol. The van der Waals surface area contributed by atoms with Crippen molar-refractivity contribution in [2.45, 2.75) is 91.3 Å². The molecule has 0 aliphatic carbocycles. The third-order valence-corrected chi connectivity index (χ3v) is 7.59. The molecule has 1 atom stereocenters. The summed E-state index contributed by atoms with van der Waals surface area (Å²) in [5.74, 6) is -2.87. The third kappa shape index (κ3) is 4.15. The molecule has 6 nitrogen and oxygen atoms in total. The number of rotatable bonds is 6. The first-order valence-corrected chi connectivity index (χ1v) is 12.6. The van der Waals surface area contributed by atoms with E-state index in [1.165, 1.54) is 6.07 Å². The van der Waals surface area contributed by atoms with Crippen LogP contribution < -0.4 is 10.2 Å². The third-order valence-electron chi connectivity index (χ3n) is 7.59. The van der Waals surface area contributed by atoms with Crippen molar-refractivity contribution >= 4 is 28.2 Å². The number of nitrogens with one attached hydrogen (secondary N) is 1. The first-order chi connectivity index (χ1) is 17.0. The van der Waals surface area contributed by atoms with E-state index in [4.69, 9.17) is 0 Å². The maximum Gasteiger partial charge on any atom is 0.300 e. The Hall–Kier alpha value is -3.13. The molecule has 0 spiro atoms. The number of hydrogen-bond acceptors (Lipinski definition) is 5. The molecule has 1 amide bonds. The highest BCUT2D eigenvalue weighted by Crippen LogP contribution is 2.46. The standard InChI is InChI=1S/C29H36F2N4O2/c1-15(2)35-24-14-21-20(13-23(24)27(6,7)26(35)36)18(5)33-34-25(21)32-17(4)19-11-10-12-22(16(19)3)29(30,31)28(8,9)37/h10-15,17,37H,1-9H3,(H,32,34)/t17-/m1/s1. The van der Waals surface area contributed by atoms with Gasteiger partial charge in [0, 0.05) is 28.1 Å². The summed E-state index contributed by atoms with van der Waals surface area (Å²) in [4.78, 5) is 15.1. The van der Waals surface area contributed by atoms with Crippen LogP contribution in [0.1, 0.15) is 82.5 Å². The average Bonchev–Trinajstić information content (AvgIpc) is 2.99. The molecule has 198 valence electrons. The maximum absolute atomic E-state index is 15.0. The van der Waals surface area contributed by atoms with Crippen molar-refractivity contribution in [2.75, 3.05) is 10.2 Å². The van der Waals surface area contributed by atoms with Crippen LogP contribution in [-0.4, -0.2) is 32.9 Å². The Labute approximate surface area is 217 Å². The largest absolute Gasteiger partial charge is 0.384 e. The fourth-order valence-electron chi connectivity index (χ4n) is 5.24. The molecule has 0 fully saturated rings. The second-order valence-electron chi connectivity index (χ2n) is 11.5. The SMILES string of the molecule is Cc1c([C@@H](C)Nc2nnc(C)c3cc4c(cc23)N(C(C)C)C(=O)C4(C)C)cccc1C(F)(F)C(C)(C)O. The number of anilines is 2. The van der Waals surface area contributed by atoms with Crippen molar-refractivity contribution in [1.29, 1.82) is 0 Å². The van der Waals surface area contributed by atoms with Crippen molar-refractivity contribution in [3.8, 4) is 0 Å². The lowest BCUT2D eigenvalue weighted by Gasteiger charge is -2.31. The number of aliphatic hydroxyl groups is 1. The molecule has 1 aliphatic heterocycles. The lowest BCUT2D eigenvalue weighted by molar-refractivity contribution is -0.168. The van der Waals surface area contributed by atoms with Crippen LogP contribution in [0.3, 0.4) is 0 Å². The van der Waals surface area contributed by atoms with Crippen LogP contribution in [0.15, 0.2) is 30.3 Å². The molecule has 8 heteroatoms. The smallest absolute Gasteiger partial charge is 0.300 e. The summed E-state index contributed by atoms with van der Waals surface area (Å²) in [6, 6.07) is 8.34. The van der Waals surface area contributed by atoms with E-state index in [2.05, 4.69) is 15.5 Å². The minimum absolute atomic E-state index is 0.0143. The van der Waals surface area contributed by atoms with Crippen LogP contribution in [0, 0.1) is 13.8 Å². The first kappa shape index (κ1) is 26.9. The average molecular weight is 511 g/mol. The van der Waals surface area contributed by atoms with Gasteiger partial charge in [0.25, 0.3) is 0 Å². The summed E-state index contributed by atoms with van der Waals surface area (Å²) in [7, 11) is 0. The van der Waals surface area contributed by atoms with Gasteiger partial charge >= 0.3 is 5.92 Å². The molecule has 1 aliphatic rings. The Morgan fingerprint density at radius 2 is 1.70 bits per heavy atom. The number of carbonyl (C=O) groups is 1. The molecule has 3 aromatic rings. The quantitative estimate of drug-likeness (QED) is 0.406. The van der Waals surface area contributed by atoms with E-state index < -0.39 is 16.9 Å². The summed E-state index contributed by atoms with van der Waals surface area (Å²) in [5, 5.41) is 23.9. The van der Waals surface area contributed by atoms with Crippen LogP contribution in [0.5, 0.6) is 0 Å². The molecule has 4 rings (SSSR count). The van der Waals surface area contributed by atoms with Crippen LogP contribution in [-0.2, 0) is 16.1 Å². The van der Waals surface area contributed by atoms with E-state index in [-0.39, 0.29) is 23.6 Å². The number of nitrogens with zero attached hydrogens (tertiary/aromatic N) is 3. The Kier molecular flexibility index (Phi) is 6.35. The van der Waals surface area contributed by atoms with Gasteiger partial charge in [0.1, 0.15) is 5.60 Å². The van der Waals surface area contributed by atoms with Gasteiger partial charge < -0.3 is 15.3 Å². The fourth-order valence-corrected chi connectivity index (χ4v) is 5.24. The summed E-state index contributed by atoms with van der Waals surface area (Å²) in [5.41, 5.74) is 0.529. The highest BCUT2D eigenvalue weighted by atomic mass is 19.3. The van der Waals surface area contributed by atoms with Gasteiger partial charge in [0.2, 0.25) is 5.91 Å². The van der Waals surface area contributed by atoms with Crippen molar-refractivity contribution in [1.82, 2.24) is 10.2 Å². The number of amides is 1. The number of alkyl halides is 2. The number of fused-ring (bicyclic) bond motifs is 2. The lowest BCUT2D eigenvalue weighted by Crippen LogP contribution is -2.40. The van der Waals surface area contributed by atoms with Gasteiger partial charge in [-0.2, -0.15) is 13.9 Å². The Balaban J connectivity index is 1.81. The van der Waals surface area contributed by atoms with E-state index in [0.717, 1.165) is 41.6 Å². The molecular weight excluding hydrogens is 474 g/mol. The zero-order valence-electron chi connectivity index (χ0n) is 23.0. The number of hydrogen-bond donors (Lipinski definition) is 2. The van der Waals surface area contributed by atoms with Gasteiger partial charge in [-0.15, -0.1) is 5.10 Å². The van der Waals surface area contributed by atoms with Gasteiger partial charge in [-0.3, -0.25) is 4.79 Å². The van der Waals surface area contributed by atoms with Gasteiger partial charge in [-0.1, -0.05) is 18.2 Å². The molecule has 2 heterocycles. The van der Waals surface area contributed by atoms with Gasteiger partial charge in [0.15, 0.2) is 5.82 Å². The Morgan fingerprint density at radius 3 is 2.30 bits per heavy atom. The molecule has 0 saturated heterocycles. The topological polar surface area (TPSA) is 78.4 Å². The van der Waals surface area contributed by atoms with Crippen molar-refractivity contribution in [3.05, 3.63) is 58.3 Å². The summed E-state index contributed by atoms with van der Waals surface area (Å²) < 4.78 is 30.1. The molecule has 0 unspecified atom stereocenters. The summed E-state index contributed by atoms with van der Waals surface area (Å²) in [6.07, 6.45) is 0. The molecule has 0 bridgehead atoms. The molecule has 37 heavy (non-hydrogen) atoms. The normalized spacial score (nSPS) is 16.5. The minimum atomic E-state index is -3.43. The van der Waals surface area contributed by atoms with Crippen LogP contribution in [0.4, 0.5) is 20.3 Å². The highest BCUT2D eigenvalue weighted by molar-refractivity contribution is 6.11. The zero-order chi connectivity index (χ0) is 27.7. The van der Waals surface area contributed by atoms with E-state index in [1.807, 2.05) is 58.6 Å². The monoisotopic (exact) mass is 510 g/mol. The number of carbonyl (C=O) groups excluding carboxylic acids is 1. The van der Waals surface area contributed by atoms with E-state index in [9.17, 15) is 9.90 Å². The van der Waals surface area contributed by atoms with Gasteiger partial charge in [0.05, 0.1) is 17.2 Å². The van der Waals surface area contributed by atoms with Crippen LogP contribution in [0.2, 0.25) is 0 Å². The molecule has 0 saturated carbocycles. The maximum atomic E-state index is 15.0. The molecule has 1 aromatic heterocycles.